The van der Waals surface area contributed by atoms with Crippen molar-refractivity contribution in [3.8, 4) is 5.69 Å². The van der Waals surface area contributed by atoms with Crippen molar-refractivity contribution in [2.75, 3.05) is 13.1 Å². The summed E-state index contributed by atoms with van der Waals surface area (Å²) in [5, 5.41) is 4.79. The molecular formula is C26H26N6O3. The molecule has 0 aliphatic carbocycles. The van der Waals surface area contributed by atoms with Crippen molar-refractivity contribution in [2.45, 2.75) is 38.8 Å². The maximum Gasteiger partial charge on any atom is 0.264 e. The van der Waals surface area contributed by atoms with Gasteiger partial charge in [-0.3, -0.25) is 19.0 Å². The zero-order valence-electron chi connectivity index (χ0n) is 19.5. The van der Waals surface area contributed by atoms with Crippen LogP contribution in [-0.4, -0.2) is 47.8 Å². The largest absolute Gasteiger partial charge is 0.342 e. The van der Waals surface area contributed by atoms with Crippen LogP contribution in [0.2, 0.25) is 0 Å². The molecule has 0 radical (unpaired) electrons. The maximum absolute atomic E-state index is 13.1. The van der Waals surface area contributed by atoms with Gasteiger partial charge in [-0.1, -0.05) is 23.8 Å². The van der Waals surface area contributed by atoms with Gasteiger partial charge in [0.15, 0.2) is 5.65 Å². The average molecular weight is 471 g/mol. The molecule has 6 rings (SSSR count). The molecule has 9 nitrogen and oxygen atoms in total. The van der Waals surface area contributed by atoms with Crippen LogP contribution in [-0.2, 0) is 17.9 Å². The Morgan fingerprint density at radius 2 is 1.89 bits per heavy atom. The van der Waals surface area contributed by atoms with Crippen LogP contribution in [0.25, 0.3) is 16.7 Å². The van der Waals surface area contributed by atoms with Gasteiger partial charge >= 0.3 is 0 Å². The Morgan fingerprint density at radius 1 is 1.06 bits per heavy atom. The van der Waals surface area contributed by atoms with E-state index in [9.17, 15) is 14.4 Å². The molecule has 0 N–H and O–H groups in total. The van der Waals surface area contributed by atoms with Crippen molar-refractivity contribution in [1.29, 1.82) is 0 Å². The van der Waals surface area contributed by atoms with E-state index in [2.05, 4.69) is 10.1 Å². The van der Waals surface area contributed by atoms with E-state index >= 15 is 0 Å². The quantitative estimate of drug-likeness (QED) is 0.455. The number of fused-ring (bicyclic) bond motifs is 5. The molecule has 2 aliphatic rings. The number of nitrogens with zero attached hydrogens (tertiary/aromatic N) is 6. The number of carbonyl (C=O) groups excluding carboxylic acids is 1. The van der Waals surface area contributed by atoms with Crippen molar-refractivity contribution in [2.24, 2.45) is 5.92 Å². The minimum Gasteiger partial charge on any atom is -0.342 e. The molecule has 9 heteroatoms. The van der Waals surface area contributed by atoms with Gasteiger partial charge in [0, 0.05) is 50.3 Å². The van der Waals surface area contributed by atoms with Crippen LogP contribution in [0, 0.1) is 12.8 Å². The normalized spacial score (nSPS) is 19.1. The molecule has 1 saturated heterocycles. The lowest BCUT2D eigenvalue weighted by atomic mass is 9.83. The maximum atomic E-state index is 13.1. The van der Waals surface area contributed by atoms with E-state index in [1.54, 1.807) is 16.8 Å². The smallest absolute Gasteiger partial charge is 0.264 e. The predicted molar refractivity (Wildman–Crippen MR) is 131 cm³/mol. The minimum atomic E-state index is -0.204. The molecule has 1 aromatic carbocycles. The number of amides is 1. The first-order valence-electron chi connectivity index (χ1n) is 12.0. The molecule has 2 aliphatic heterocycles. The molecule has 2 bridgehead atoms. The summed E-state index contributed by atoms with van der Waals surface area (Å²) >= 11 is 0. The molecule has 0 spiro atoms. The van der Waals surface area contributed by atoms with Crippen molar-refractivity contribution < 1.29 is 4.79 Å². The van der Waals surface area contributed by atoms with Gasteiger partial charge in [-0.05, 0) is 37.5 Å². The fraction of sp³-hybridized carbons (Fsp3) is 0.346. The van der Waals surface area contributed by atoms with E-state index < -0.39 is 0 Å². The molecule has 2 atom stereocenters. The summed E-state index contributed by atoms with van der Waals surface area (Å²) < 4.78 is 5.00. The molecule has 2 unspecified atom stereocenters. The number of likely N-dealkylation sites (tertiary alicyclic amines) is 1. The first kappa shape index (κ1) is 21.5. The Morgan fingerprint density at radius 3 is 2.71 bits per heavy atom. The fourth-order valence-electron chi connectivity index (χ4n) is 5.46. The number of piperidine rings is 1. The Kier molecular flexibility index (Phi) is 5.12. The van der Waals surface area contributed by atoms with Gasteiger partial charge in [0.2, 0.25) is 5.91 Å². The highest BCUT2D eigenvalue weighted by Crippen LogP contribution is 2.35. The van der Waals surface area contributed by atoms with E-state index in [4.69, 9.17) is 0 Å². The van der Waals surface area contributed by atoms with E-state index in [0.29, 0.717) is 30.7 Å². The highest BCUT2D eigenvalue weighted by atomic mass is 16.2. The number of aromatic nitrogens is 5. The first-order chi connectivity index (χ1) is 17.0. The van der Waals surface area contributed by atoms with E-state index in [1.807, 2.05) is 46.7 Å². The van der Waals surface area contributed by atoms with Crippen molar-refractivity contribution in [3.05, 3.63) is 87.0 Å². The number of hydrogen-bond donors (Lipinski definition) is 0. The van der Waals surface area contributed by atoms with Gasteiger partial charge in [-0.15, -0.1) is 0 Å². The molecule has 1 fully saturated rings. The van der Waals surface area contributed by atoms with Crippen LogP contribution in [0.15, 0.2) is 64.6 Å². The summed E-state index contributed by atoms with van der Waals surface area (Å²) in [7, 11) is 0. The highest BCUT2D eigenvalue weighted by molar-refractivity contribution is 5.77. The monoisotopic (exact) mass is 470 g/mol. The second-order valence-electron chi connectivity index (χ2n) is 9.62. The van der Waals surface area contributed by atoms with Crippen molar-refractivity contribution >= 4 is 16.9 Å². The summed E-state index contributed by atoms with van der Waals surface area (Å²) in [5.74, 6) is 0.473. The topological polar surface area (TPSA) is 95.0 Å². The lowest BCUT2D eigenvalue weighted by Gasteiger charge is -2.42. The lowest BCUT2D eigenvalue weighted by Crippen LogP contribution is -2.49. The predicted octanol–water partition coefficient (Wildman–Crippen LogP) is 2.09. The highest BCUT2D eigenvalue weighted by Gasteiger charge is 2.36. The summed E-state index contributed by atoms with van der Waals surface area (Å²) in [5.41, 5.74) is 3.32. The van der Waals surface area contributed by atoms with Gasteiger partial charge in [0.25, 0.3) is 11.1 Å². The Hall–Kier alpha value is -4.01. The third-order valence-electron chi connectivity index (χ3n) is 7.23. The molecule has 178 valence electrons. The van der Waals surface area contributed by atoms with E-state index in [0.717, 1.165) is 23.4 Å². The van der Waals surface area contributed by atoms with Crippen LogP contribution >= 0.6 is 0 Å². The SMILES string of the molecule is Cc1ccc(-n2ncc3c(=O)n(CCC(=O)N4CC5CC(C4)c4cccc(=O)n4C5)cnc32)cc1. The average Bonchev–Trinajstić information content (AvgIpc) is 3.29. The van der Waals surface area contributed by atoms with Crippen molar-refractivity contribution in [3.63, 3.8) is 0 Å². The lowest BCUT2D eigenvalue weighted by molar-refractivity contribution is -0.134. The zero-order valence-corrected chi connectivity index (χ0v) is 19.5. The Balaban J connectivity index is 1.18. The van der Waals surface area contributed by atoms with Crippen LogP contribution in [0.5, 0.6) is 0 Å². The second-order valence-corrected chi connectivity index (χ2v) is 9.62. The minimum absolute atomic E-state index is 0.0220. The summed E-state index contributed by atoms with van der Waals surface area (Å²) in [6, 6.07) is 13.2. The number of aryl methyl sites for hydroxylation is 2. The zero-order chi connectivity index (χ0) is 24.1. The molecular weight excluding hydrogens is 444 g/mol. The molecule has 0 saturated carbocycles. The molecule has 3 aromatic heterocycles. The van der Waals surface area contributed by atoms with Crippen LogP contribution in [0.1, 0.15) is 30.0 Å². The molecule has 1 amide bonds. The van der Waals surface area contributed by atoms with Gasteiger partial charge in [0.1, 0.15) is 5.39 Å². The van der Waals surface area contributed by atoms with Crippen LogP contribution < -0.4 is 11.1 Å². The fourth-order valence-corrected chi connectivity index (χ4v) is 5.46. The summed E-state index contributed by atoms with van der Waals surface area (Å²) in [6.45, 7) is 4.18. The van der Waals surface area contributed by atoms with Crippen LogP contribution in [0.3, 0.4) is 0 Å². The Bertz CT molecular complexity index is 1550. The van der Waals surface area contributed by atoms with Gasteiger partial charge in [-0.25, -0.2) is 9.67 Å². The number of benzene rings is 1. The second kappa shape index (κ2) is 8.33. The van der Waals surface area contributed by atoms with Crippen LogP contribution in [0.4, 0.5) is 0 Å². The van der Waals surface area contributed by atoms with Gasteiger partial charge in [-0.2, -0.15) is 5.10 Å². The molecule has 4 aromatic rings. The van der Waals surface area contributed by atoms with E-state index in [-0.39, 0.29) is 41.8 Å². The first-order valence-corrected chi connectivity index (χ1v) is 12.0. The third-order valence-corrected chi connectivity index (χ3v) is 7.23. The number of hydrogen-bond acceptors (Lipinski definition) is 5. The summed E-state index contributed by atoms with van der Waals surface area (Å²) in [4.78, 5) is 44.7. The standard InChI is InChI=1S/C26H26N6O3/c1-17-5-7-20(8-6-17)32-25-21(12-28-32)26(35)29(16-27-25)10-9-23(33)30-13-18-11-19(15-30)22-3-2-4-24(34)31(22)14-18/h2-8,12,16,18-19H,9-11,13-15H2,1H3. The number of pyridine rings is 1. The van der Waals surface area contributed by atoms with Gasteiger partial charge in [0.05, 0.1) is 18.2 Å². The molecule has 5 heterocycles. The number of carbonyl (C=O) groups is 1. The third kappa shape index (κ3) is 3.77. The molecule has 35 heavy (non-hydrogen) atoms. The van der Waals surface area contributed by atoms with E-state index in [1.165, 1.54) is 17.1 Å². The number of rotatable bonds is 4. The van der Waals surface area contributed by atoms with Crippen molar-refractivity contribution in [1.82, 2.24) is 28.8 Å². The Labute approximate surface area is 201 Å². The van der Waals surface area contributed by atoms with Gasteiger partial charge < -0.3 is 9.47 Å². The summed E-state index contributed by atoms with van der Waals surface area (Å²) in [6.07, 6.45) is 4.25.